The topological polar surface area (TPSA) is 77.5 Å². The average molecular weight is 348 g/mol. The Bertz CT molecular complexity index is 710. The molecule has 0 aliphatic rings. The molecule has 0 bridgehead atoms. The molecule has 128 valence electrons. The minimum atomic E-state index is -0.464. The Labute approximate surface area is 145 Å². The molecular formula is C17H20N2O4S. The molecule has 7 heteroatoms. The van der Waals surface area contributed by atoms with Crippen molar-refractivity contribution in [1.29, 1.82) is 0 Å². The van der Waals surface area contributed by atoms with Gasteiger partial charge in [0.1, 0.15) is 16.3 Å². The number of benzene rings is 1. The molecule has 2 aromatic rings. The molecule has 0 atom stereocenters. The molecule has 2 rings (SSSR count). The van der Waals surface area contributed by atoms with Crippen LogP contribution in [-0.4, -0.2) is 30.0 Å². The van der Waals surface area contributed by atoms with E-state index in [0.717, 1.165) is 22.8 Å². The summed E-state index contributed by atoms with van der Waals surface area (Å²) in [4.78, 5) is 24.1. The third kappa shape index (κ3) is 4.55. The van der Waals surface area contributed by atoms with Gasteiger partial charge in [-0.25, -0.2) is 4.79 Å². The number of nitrogens with zero attached hydrogens (tertiary/aromatic N) is 1. The number of anilines is 1. The van der Waals surface area contributed by atoms with Gasteiger partial charge in [0.25, 0.3) is 0 Å². The second kappa shape index (κ2) is 8.44. The highest BCUT2D eigenvalue weighted by Crippen LogP contribution is 2.25. The lowest BCUT2D eigenvalue weighted by molar-refractivity contribution is -0.116. The lowest BCUT2D eigenvalue weighted by Crippen LogP contribution is -2.15. The number of aromatic nitrogens is 1. The monoisotopic (exact) mass is 348 g/mol. The summed E-state index contributed by atoms with van der Waals surface area (Å²) >= 11 is 1.09. The van der Waals surface area contributed by atoms with Gasteiger partial charge in [0, 0.05) is 6.42 Å². The molecule has 0 radical (unpaired) electrons. The molecule has 1 aromatic heterocycles. The van der Waals surface area contributed by atoms with Gasteiger partial charge < -0.3 is 14.8 Å². The Kier molecular flexibility index (Phi) is 6.31. The zero-order valence-electron chi connectivity index (χ0n) is 13.9. The normalized spacial score (nSPS) is 10.3. The highest BCUT2D eigenvalue weighted by atomic mass is 32.1. The Morgan fingerprint density at radius 1 is 1.25 bits per heavy atom. The van der Waals surface area contributed by atoms with Gasteiger partial charge in [0.05, 0.1) is 19.4 Å². The Balaban J connectivity index is 1.96. The largest absolute Gasteiger partial charge is 0.497 e. The molecule has 6 nitrogen and oxygen atoms in total. The molecule has 0 aliphatic heterocycles. The van der Waals surface area contributed by atoms with Crippen LogP contribution in [0.3, 0.4) is 0 Å². The number of methoxy groups -OCH3 is 1. The van der Waals surface area contributed by atoms with E-state index in [1.807, 2.05) is 24.3 Å². The van der Waals surface area contributed by atoms with Crippen LogP contribution in [-0.2, 0) is 16.0 Å². The summed E-state index contributed by atoms with van der Waals surface area (Å²) in [5.41, 5.74) is 1.93. The number of carbonyl (C=O) groups excluding carboxylic acids is 2. The van der Waals surface area contributed by atoms with Crippen molar-refractivity contribution < 1.29 is 19.1 Å². The van der Waals surface area contributed by atoms with E-state index in [-0.39, 0.29) is 12.5 Å². The van der Waals surface area contributed by atoms with Crippen molar-refractivity contribution in [2.75, 3.05) is 19.0 Å². The number of hydrogen-bond acceptors (Lipinski definition) is 6. The maximum Gasteiger partial charge on any atom is 0.343 e. The first-order chi connectivity index (χ1) is 11.5. The minimum Gasteiger partial charge on any atom is -0.497 e. The van der Waals surface area contributed by atoms with E-state index in [1.54, 1.807) is 21.0 Å². The van der Waals surface area contributed by atoms with Crippen LogP contribution in [0.15, 0.2) is 24.3 Å². The Morgan fingerprint density at radius 3 is 2.58 bits per heavy atom. The van der Waals surface area contributed by atoms with Crippen molar-refractivity contribution in [2.45, 2.75) is 26.7 Å². The molecule has 0 saturated heterocycles. The molecular weight excluding hydrogens is 328 g/mol. The van der Waals surface area contributed by atoms with Gasteiger partial charge in [-0.3, -0.25) is 4.79 Å². The Morgan fingerprint density at radius 2 is 1.96 bits per heavy atom. The SMILES string of the molecule is CCOC(=O)c1c(C)nsc1NC(=O)CCc1ccc(OC)cc1. The summed E-state index contributed by atoms with van der Waals surface area (Å²) < 4.78 is 14.2. The third-order valence-corrected chi connectivity index (χ3v) is 4.25. The zero-order valence-corrected chi connectivity index (χ0v) is 14.7. The number of esters is 1. The van der Waals surface area contributed by atoms with E-state index in [4.69, 9.17) is 9.47 Å². The highest BCUT2D eigenvalue weighted by molar-refractivity contribution is 7.11. The van der Waals surface area contributed by atoms with Crippen molar-refractivity contribution in [3.05, 3.63) is 41.1 Å². The predicted octanol–water partition coefficient (Wildman–Crippen LogP) is 3.21. The van der Waals surface area contributed by atoms with Gasteiger partial charge in [0.15, 0.2) is 0 Å². The van der Waals surface area contributed by atoms with Gasteiger partial charge in [-0.05, 0) is 49.5 Å². The van der Waals surface area contributed by atoms with Crippen LogP contribution in [0.5, 0.6) is 5.75 Å². The summed E-state index contributed by atoms with van der Waals surface area (Å²) in [7, 11) is 1.61. The fourth-order valence-electron chi connectivity index (χ4n) is 2.14. The fourth-order valence-corrected chi connectivity index (χ4v) is 2.94. The maximum absolute atomic E-state index is 12.1. The van der Waals surface area contributed by atoms with Crippen LogP contribution < -0.4 is 10.1 Å². The number of aryl methyl sites for hydroxylation is 2. The maximum atomic E-state index is 12.1. The summed E-state index contributed by atoms with van der Waals surface area (Å²) in [5.74, 6) is 0.150. The zero-order chi connectivity index (χ0) is 17.5. The van der Waals surface area contributed by atoms with E-state index in [2.05, 4.69) is 9.69 Å². The second-order valence-electron chi connectivity index (χ2n) is 5.09. The van der Waals surface area contributed by atoms with Crippen molar-refractivity contribution in [3.8, 4) is 5.75 Å². The lowest BCUT2D eigenvalue weighted by Gasteiger charge is -2.07. The molecule has 0 aliphatic carbocycles. The van der Waals surface area contributed by atoms with Crippen molar-refractivity contribution >= 4 is 28.4 Å². The minimum absolute atomic E-state index is 0.167. The molecule has 1 heterocycles. The third-order valence-electron chi connectivity index (χ3n) is 3.40. The molecule has 0 spiro atoms. The van der Waals surface area contributed by atoms with E-state index < -0.39 is 5.97 Å². The van der Waals surface area contributed by atoms with Crippen LogP contribution >= 0.6 is 11.5 Å². The molecule has 0 fully saturated rings. The molecule has 24 heavy (non-hydrogen) atoms. The number of amides is 1. The quantitative estimate of drug-likeness (QED) is 0.778. The van der Waals surface area contributed by atoms with Gasteiger partial charge >= 0.3 is 5.97 Å². The summed E-state index contributed by atoms with van der Waals surface area (Å²) in [6.45, 7) is 3.73. The molecule has 1 aromatic carbocycles. The molecule has 0 saturated carbocycles. The number of carbonyl (C=O) groups is 2. The van der Waals surface area contributed by atoms with Crippen LogP contribution in [0, 0.1) is 6.92 Å². The van der Waals surface area contributed by atoms with E-state index in [0.29, 0.717) is 29.1 Å². The van der Waals surface area contributed by atoms with Crippen molar-refractivity contribution in [1.82, 2.24) is 4.37 Å². The van der Waals surface area contributed by atoms with Crippen LogP contribution in [0.25, 0.3) is 0 Å². The van der Waals surface area contributed by atoms with Gasteiger partial charge in [-0.1, -0.05) is 12.1 Å². The van der Waals surface area contributed by atoms with Crippen LogP contribution in [0.1, 0.15) is 35.0 Å². The number of nitrogens with one attached hydrogen (secondary N) is 1. The first-order valence-electron chi connectivity index (χ1n) is 7.61. The number of rotatable bonds is 7. The van der Waals surface area contributed by atoms with Gasteiger partial charge in [0.2, 0.25) is 5.91 Å². The predicted molar refractivity (Wildman–Crippen MR) is 92.8 cm³/mol. The number of ether oxygens (including phenoxy) is 2. The van der Waals surface area contributed by atoms with Gasteiger partial charge in [-0.15, -0.1) is 0 Å². The highest BCUT2D eigenvalue weighted by Gasteiger charge is 2.21. The van der Waals surface area contributed by atoms with E-state index in [1.165, 1.54) is 0 Å². The van der Waals surface area contributed by atoms with Crippen LogP contribution in [0.2, 0.25) is 0 Å². The Hall–Kier alpha value is -2.41. The summed E-state index contributed by atoms with van der Waals surface area (Å²) in [6.07, 6.45) is 0.911. The summed E-state index contributed by atoms with van der Waals surface area (Å²) in [5, 5.41) is 3.19. The molecule has 0 unspecified atom stereocenters. The standard InChI is InChI=1S/C17H20N2O4S/c1-4-23-17(21)15-11(2)19-24-16(15)18-14(20)10-7-12-5-8-13(22-3)9-6-12/h5-6,8-9H,4,7,10H2,1-3H3,(H,18,20). The van der Waals surface area contributed by atoms with Crippen LogP contribution in [0.4, 0.5) is 5.00 Å². The number of hydrogen-bond donors (Lipinski definition) is 1. The average Bonchev–Trinajstić information content (AvgIpc) is 2.94. The van der Waals surface area contributed by atoms with Crippen molar-refractivity contribution in [2.24, 2.45) is 0 Å². The van der Waals surface area contributed by atoms with E-state index in [9.17, 15) is 9.59 Å². The first kappa shape index (κ1) is 17.9. The fraction of sp³-hybridized carbons (Fsp3) is 0.353. The smallest absolute Gasteiger partial charge is 0.343 e. The van der Waals surface area contributed by atoms with Gasteiger partial charge in [-0.2, -0.15) is 4.37 Å². The summed E-state index contributed by atoms with van der Waals surface area (Å²) in [6, 6.07) is 7.57. The lowest BCUT2D eigenvalue weighted by atomic mass is 10.1. The molecule has 1 amide bonds. The first-order valence-corrected chi connectivity index (χ1v) is 8.38. The molecule has 1 N–H and O–H groups in total. The second-order valence-corrected chi connectivity index (χ2v) is 5.86. The van der Waals surface area contributed by atoms with Crippen molar-refractivity contribution in [3.63, 3.8) is 0 Å². The van der Waals surface area contributed by atoms with E-state index >= 15 is 0 Å².